The summed E-state index contributed by atoms with van der Waals surface area (Å²) >= 11 is 0. The van der Waals surface area contributed by atoms with Crippen molar-refractivity contribution in [2.24, 2.45) is 5.92 Å². The number of nitrogens with zero attached hydrogens (tertiary/aromatic N) is 1. The summed E-state index contributed by atoms with van der Waals surface area (Å²) in [5.41, 5.74) is 1.38. The molecule has 1 aromatic carbocycles. The van der Waals surface area contributed by atoms with Crippen LogP contribution in [0.3, 0.4) is 0 Å². The lowest BCUT2D eigenvalue weighted by Crippen LogP contribution is -2.39. The lowest BCUT2D eigenvalue weighted by Gasteiger charge is -2.31. The van der Waals surface area contributed by atoms with Crippen LogP contribution >= 0.6 is 0 Å². The van der Waals surface area contributed by atoms with Crippen LogP contribution in [0.5, 0.6) is 0 Å². The van der Waals surface area contributed by atoms with Crippen LogP contribution < -0.4 is 5.32 Å². The first-order chi connectivity index (χ1) is 9.76. The molecule has 3 heteroatoms. The van der Waals surface area contributed by atoms with Crippen molar-refractivity contribution < 1.29 is 4.74 Å². The number of nitrogens with one attached hydrogen (secondary N) is 1. The third-order valence-corrected chi connectivity index (χ3v) is 4.42. The molecule has 0 unspecified atom stereocenters. The van der Waals surface area contributed by atoms with Gasteiger partial charge >= 0.3 is 0 Å². The minimum absolute atomic E-state index is 0.417. The molecule has 0 aromatic heterocycles. The van der Waals surface area contributed by atoms with Gasteiger partial charge in [-0.3, -0.25) is 4.90 Å². The van der Waals surface area contributed by atoms with Crippen LogP contribution in [0.25, 0.3) is 0 Å². The zero-order valence-corrected chi connectivity index (χ0v) is 13.0. The van der Waals surface area contributed by atoms with Gasteiger partial charge in [0.15, 0.2) is 0 Å². The topological polar surface area (TPSA) is 24.5 Å². The third-order valence-electron chi connectivity index (χ3n) is 4.42. The second-order valence-corrected chi connectivity index (χ2v) is 5.90. The number of ether oxygens (including phenoxy) is 1. The van der Waals surface area contributed by atoms with Crippen LogP contribution in [0.1, 0.15) is 31.4 Å². The molecule has 0 amide bonds. The Labute approximate surface area is 123 Å². The first-order valence-electron chi connectivity index (χ1n) is 7.71. The molecule has 0 radical (unpaired) electrons. The number of methoxy groups -OCH3 is 1. The average molecular weight is 276 g/mol. The number of hydrogen-bond acceptors (Lipinski definition) is 3. The molecular formula is C17H28N2O. The summed E-state index contributed by atoms with van der Waals surface area (Å²) in [7, 11) is 3.87. The maximum absolute atomic E-state index is 5.35. The van der Waals surface area contributed by atoms with Gasteiger partial charge in [0, 0.05) is 25.7 Å². The van der Waals surface area contributed by atoms with E-state index in [9.17, 15) is 0 Å². The van der Waals surface area contributed by atoms with Crippen LogP contribution in [0.4, 0.5) is 0 Å². The maximum Gasteiger partial charge on any atom is 0.0618 e. The van der Waals surface area contributed by atoms with E-state index >= 15 is 0 Å². The molecule has 1 aliphatic heterocycles. The fraction of sp³-hybridized carbons (Fsp3) is 0.647. The monoisotopic (exact) mass is 276 g/mol. The van der Waals surface area contributed by atoms with Crippen molar-refractivity contribution in [2.75, 3.05) is 33.9 Å². The van der Waals surface area contributed by atoms with Crippen LogP contribution in [-0.2, 0) is 4.74 Å². The molecule has 3 nitrogen and oxygen atoms in total. The van der Waals surface area contributed by atoms with Crippen LogP contribution in [-0.4, -0.2) is 44.8 Å². The van der Waals surface area contributed by atoms with E-state index in [2.05, 4.69) is 54.5 Å². The van der Waals surface area contributed by atoms with E-state index in [1.807, 2.05) is 0 Å². The highest BCUT2D eigenvalue weighted by atomic mass is 16.5. The van der Waals surface area contributed by atoms with E-state index in [1.54, 1.807) is 7.11 Å². The number of benzene rings is 1. The second kappa shape index (κ2) is 7.77. The Kier molecular flexibility index (Phi) is 6.02. The molecular weight excluding hydrogens is 248 g/mol. The molecule has 112 valence electrons. The Morgan fingerprint density at radius 2 is 2.10 bits per heavy atom. The highest BCUT2D eigenvalue weighted by Crippen LogP contribution is 2.26. The Hall–Kier alpha value is -0.900. The normalized spacial score (nSPS) is 22.9. The molecule has 2 rings (SSSR count). The van der Waals surface area contributed by atoms with Crippen LogP contribution in [0, 0.1) is 5.92 Å². The van der Waals surface area contributed by atoms with Gasteiger partial charge in [-0.25, -0.2) is 0 Å². The molecule has 0 spiro atoms. The first kappa shape index (κ1) is 15.5. The molecule has 3 atom stereocenters. The maximum atomic E-state index is 5.35. The number of hydrogen-bond donors (Lipinski definition) is 1. The van der Waals surface area contributed by atoms with Crippen LogP contribution in [0.2, 0.25) is 0 Å². The highest BCUT2D eigenvalue weighted by Gasteiger charge is 2.28. The van der Waals surface area contributed by atoms with E-state index in [0.29, 0.717) is 18.0 Å². The summed E-state index contributed by atoms with van der Waals surface area (Å²) in [5, 5.41) is 3.48. The van der Waals surface area contributed by atoms with E-state index in [0.717, 1.165) is 13.2 Å². The predicted molar refractivity (Wildman–Crippen MR) is 83.9 cm³/mol. The molecule has 1 fully saturated rings. The summed E-state index contributed by atoms with van der Waals surface area (Å²) in [5.74, 6) is 0.583. The standard InChI is InChI=1S/C17H28N2O/c1-14(12-19-11-7-10-16(19)13-20-3)17(18-2)15-8-5-4-6-9-15/h4-6,8-9,14,16-18H,7,10-13H2,1-3H3/t14-,16+,17-/m1/s1. The van der Waals surface area contributed by atoms with Crippen molar-refractivity contribution in [3.8, 4) is 0 Å². The fourth-order valence-electron chi connectivity index (χ4n) is 3.43. The number of likely N-dealkylation sites (tertiary alicyclic amines) is 1. The Balaban J connectivity index is 1.97. The minimum Gasteiger partial charge on any atom is -0.383 e. The van der Waals surface area contributed by atoms with Gasteiger partial charge in [-0.2, -0.15) is 0 Å². The van der Waals surface area contributed by atoms with Crippen molar-refractivity contribution in [3.05, 3.63) is 35.9 Å². The first-order valence-corrected chi connectivity index (χ1v) is 7.71. The van der Waals surface area contributed by atoms with Gasteiger partial charge in [0.1, 0.15) is 0 Å². The Morgan fingerprint density at radius 3 is 2.75 bits per heavy atom. The Morgan fingerprint density at radius 1 is 1.35 bits per heavy atom. The van der Waals surface area contributed by atoms with Crippen molar-refractivity contribution in [3.63, 3.8) is 0 Å². The summed E-state index contributed by atoms with van der Waals surface area (Å²) in [6.45, 7) is 5.55. The smallest absolute Gasteiger partial charge is 0.0618 e. The molecule has 1 saturated heterocycles. The van der Waals surface area contributed by atoms with Crippen molar-refractivity contribution >= 4 is 0 Å². The zero-order chi connectivity index (χ0) is 14.4. The average Bonchev–Trinajstić information content (AvgIpc) is 2.88. The molecule has 0 bridgehead atoms. The minimum atomic E-state index is 0.417. The Bertz CT molecular complexity index is 382. The van der Waals surface area contributed by atoms with Gasteiger partial charge in [0.2, 0.25) is 0 Å². The fourth-order valence-corrected chi connectivity index (χ4v) is 3.43. The van der Waals surface area contributed by atoms with E-state index in [1.165, 1.54) is 24.9 Å². The van der Waals surface area contributed by atoms with Gasteiger partial charge in [0.25, 0.3) is 0 Å². The molecule has 0 saturated carbocycles. The van der Waals surface area contributed by atoms with E-state index < -0.39 is 0 Å². The van der Waals surface area contributed by atoms with Crippen molar-refractivity contribution in [1.82, 2.24) is 10.2 Å². The van der Waals surface area contributed by atoms with Crippen molar-refractivity contribution in [2.45, 2.75) is 31.8 Å². The molecule has 0 aliphatic carbocycles. The summed E-state index contributed by atoms with van der Waals surface area (Å²) in [4.78, 5) is 2.60. The van der Waals surface area contributed by atoms with Crippen LogP contribution in [0.15, 0.2) is 30.3 Å². The van der Waals surface area contributed by atoms with Gasteiger partial charge in [-0.1, -0.05) is 37.3 Å². The van der Waals surface area contributed by atoms with Crippen molar-refractivity contribution in [1.29, 1.82) is 0 Å². The van der Waals surface area contributed by atoms with E-state index in [4.69, 9.17) is 4.74 Å². The predicted octanol–water partition coefficient (Wildman–Crippen LogP) is 2.69. The van der Waals surface area contributed by atoms with E-state index in [-0.39, 0.29) is 0 Å². The molecule has 1 N–H and O–H groups in total. The van der Waals surface area contributed by atoms with Gasteiger partial charge in [-0.05, 0) is 37.9 Å². The summed E-state index contributed by atoms with van der Waals surface area (Å²) < 4.78 is 5.35. The molecule has 20 heavy (non-hydrogen) atoms. The second-order valence-electron chi connectivity index (χ2n) is 5.90. The quantitative estimate of drug-likeness (QED) is 0.828. The lowest BCUT2D eigenvalue weighted by atomic mass is 9.94. The lowest BCUT2D eigenvalue weighted by molar-refractivity contribution is 0.102. The molecule has 1 aliphatic rings. The summed E-state index contributed by atoms with van der Waals surface area (Å²) in [6.07, 6.45) is 2.58. The van der Waals surface area contributed by atoms with Gasteiger partial charge in [-0.15, -0.1) is 0 Å². The number of rotatable bonds is 7. The van der Waals surface area contributed by atoms with Gasteiger partial charge in [0.05, 0.1) is 6.61 Å². The van der Waals surface area contributed by atoms with Gasteiger partial charge < -0.3 is 10.1 Å². The zero-order valence-electron chi connectivity index (χ0n) is 13.0. The summed E-state index contributed by atoms with van der Waals surface area (Å²) in [6, 6.07) is 11.8. The molecule has 1 heterocycles. The molecule has 1 aromatic rings. The highest BCUT2D eigenvalue weighted by molar-refractivity contribution is 5.19. The third kappa shape index (κ3) is 3.81. The SMILES string of the molecule is CN[C@@H](c1ccccc1)[C@H](C)CN1CCC[C@H]1COC. The largest absolute Gasteiger partial charge is 0.383 e.